The summed E-state index contributed by atoms with van der Waals surface area (Å²) in [6, 6.07) is 21.9. The molecule has 1 fully saturated rings. The van der Waals surface area contributed by atoms with Crippen LogP contribution in [0.15, 0.2) is 66.7 Å². The third kappa shape index (κ3) is 3.77. The van der Waals surface area contributed by atoms with Gasteiger partial charge in [-0.3, -0.25) is 4.79 Å². The highest BCUT2D eigenvalue weighted by molar-refractivity contribution is 6.12. The van der Waals surface area contributed by atoms with Gasteiger partial charge in [0.05, 0.1) is 13.2 Å². The first-order valence-corrected chi connectivity index (χ1v) is 9.09. The van der Waals surface area contributed by atoms with E-state index >= 15 is 0 Å². The molecular formula is C22H23N2O2+. The minimum absolute atomic E-state index is 0.0756. The predicted molar refractivity (Wildman–Crippen MR) is 104 cm³/mol. The maximum atomic E-state index is 12.7. The van der Waals surface area contributed by atoms with Gasteiger partial charge in [0.1, 0.15) is 19.6 Å². The van der Waals surface area contributed by atoms with Gasteiger partial charge in [-0.2, -0.15) is 0 Å². The third-order valence-electron chi connectivity index (χ3n) is 4.90. The van der Waals surface area contributed by atoms with Gasteiger partial charge in [-0.25, -0.2) is 0 Å². The molecule has 0 spiro atoms. The Kier molecular flexibility index (Phi) is 4.95. The van der Waals surface area contributed by atoms with E-state index in [9.17, 15) is 4.79 Å². The Morgan fingerprint density at radius 1 is 0.923 bits per heavy atom. The molecule has 0 radical (unpaired) electrons. The number of amides is 1. The molecule has 0 saturated carbocycles. The number of benzene rings is 3. The van der Waals surface area contributed by atoms with E-state index in [0.29, 0.717) is 5.56 Å². The highest BCUT2D eigenvalue weighted by Crippen LogP contribution is 2.20. The average molecular weight is 347 g/mol. The van der Waals surface area contributed by atoms with Crippen LogP contribution in [0.1, 0.15) is 15.9 Å². The molecule has 3 aromatic rings. The molecule has 26 heavy (non-hydrogen) atoms. The van der Waals surface area contributed by atoms with Crippen molar-refractivity contribution in [3.8, 4) is 0 Å². The molecular weight excluding hydrogens is 324 g/mol. The number of fused-ring (bicyclic) bond motifs is 1. The number of morpholine rings is 1. The van der Waals surface area contributed by atoms with E-state index in [-0.39, 0.29) is 5.91 Å². The van der Waals surface area contributed by atoms with E-state index in [1.807, 2.05) is 54.6 Å². The molecule has 4 heteroatoms. The van der Waals surface area contributed by atoms with Gasteiger partial charge in [0.2, 0.25) is 0 Å². The molecule has 4 rings (SSSR count). The average Bonchev–Trinajstić information content (AvgIpc) is 2.70. The summed E-state index contributed by atoms with van der Waals surface area (Å²) in [7, 11) is 0. The first kappa shape index (κ1) is 16.8. The summed E-state index contributed by atoms with van der Waals surface area (Å²) in [5.74, 6) is -0.0756. The van der Waals surface area contributed by atoms with Crippen molar-refractivity contribution >= 4 is 22.4 Å². The molecule has 1 heterocycles. The van der Waals surface area contributed by atoms with Gasteiger partial charge in [-0.15, -0.1) is 0 Å². The lowest BCUT2D eigenvalue weighted by atomic mass is 10.0. The third-order valence-corrected chi connectivity index (χ3v) is 4.90. The van der Waals surface area contributed by atoms with E-state index < -0.39 is 0 Å². The Balaban J connectivity index is 1.45. The Bertz CT molecular complexity index is 894. The Morgan fingerprint density at radius 3 is 2.46 bits per heavy atom. The van der Waals surface area contributed by atoms with E-state index in [4.69, 9.17) is 4.74 Å². The van der Waals surface area contributed by atoms with Gasteiger partial charge in [-0.05, 0) is 29.0 Å². The first-order valence-electron chi connectivity index (χ1n) is 9.09. The standard InChI is InChI=1S/C22H22N2O2/c25-22(21-7-3-5-18-4-1-2-6-20(18)21)23-19-10-8-17(9-11-19)16-24-12-14-26-15-13-24/h1-11H,12-16H2,(H,23,25)/p+1. The lowest BCUT2D eigenvalue weighted by molar-refractivity contribution is -0.921. The number of carbonyl (C=O) groups is 1. The van der Waals surface area contributed by atoms with E-state index in [0.717, 1.165) is 49.3 Å². The summed E-state index contributed by atoms with van der Waals surface area (Å²) >= 11 is 0. The van der Waals surface area contributed by atoms with Crippen LogP contribution in [-0.4, -0.2) is 32.2 Å². The molecule has 0 aliphatic carbocycles. The zero-order valence-electron chi connectivity index (χ0n) is 14.7. The van der Waals surface area contributed by atoms with Gasteiger partial charge in [0.15, 0.2) is 0 Å². The maximum absolute atomic E-state index is 12.7. The lowest BCUT2D eigenvalue weighted by Gasteiger charge is -2.23. The minimum Gasteiger partial charge on any atom is -0.370 e. The van der Waals surface area contributed by atoms with Crippen LogP contribution in [0.4, 0.5) is 5.69 Å². The monoisotopic (exact) mass is 347 g/mol. The summed E-state index contributed by atoms with van der Waals surface area (Å²) in [4.78, 5) is 14.2. The summed E-state index contributed by atoms with van der Waals surface area (Å²) in [6.45, 7) is 4.79. The van der Waals surface area contributed by atoms with Crippen LogP contribution >= 0.6 is 0 Å². The molecule has 1 aliphatic heterocycles. The van der Waals surface area contributed by atoms with Gasteiger partial charge in [-0.1, -0.05) is 48.5 Å². The highest BCUT2D eigenvalue weighted by atomic mass is 16.5. The number of nitrogens with one attached hydrogen (secondary N) is 2. The molecule has 1 saturated heterocycles. The number of hydrogen-bond donors (Lipinski definition) is 2. The van der Waals surface area contributed by atoms with Gasteiger partial charge >= 0.3 is 0 Å². The SMILES string of the molecule is O=C(Nc1ccc(C[NH+]2CCOCC2)cc1)c1cccc2ccccc12. The summed E-state index contributed by atoms with van der Waals surface area (Å²) in [6.07, 6.45) is 0. The van der Waals surface area contributed by atoms with Crippen LogP contribution in [0.5, 0.6) is 0 Å². The van der Waals surface area contributed by atoms with Crippen LogP contribution in [0.2, 0.25) is 0 Å². The second kappa shape index (κ2) is 7.68. The summed E-state index contributed by atoms with van der Waals surface area (Å²) in [5.41, 5.74) is 2.80. The van der Waals surface area contributed by atoms with Crippen molar-refractivity contribution in [1.82, 2.24) is 0 Å². The Hall–Kier alpha value is -2.69. The molecule has 3 aromatic carbocycles. The molecule has 1 amide bonds. The smallest absolute Gasteiger partial charge is 0.256 e. The Morgan fingerprint density at radius 2 is 1.65 bits per heavy atom. The van der Waals surface area contributed by atoms with E-state index in [2.05, 4.69) is 17.4 Å². The molecule has 1 aliphatic rings. The zero-order valence-corrected chi connectivity index (χ0v) is 14.7. The molecule has 0 aromatic heterocycles. The molecule has 0 unspecified atom stereocenters. The first-order chi connectivity index (χ1) is 12.8. The van der Waals surface area contributed by atoms with Crippen LogP contribution < -0.4 is 10.2 Å². The molecule has 4 nitrogen and oxygen atoms in total. The quantitative estimate of drug-likeness (QED) is 0.762. The van der Waals surface area contributed by atoms with Gasteiger partial charge < -0.3 is 15.0 Å². The highest BCUT2D eigenvalue weighted by Gasteiger charge is 2.14. The van der Waals surface area contributed by atoms with Crippen molar-refractivity contribution in [2.75, 3.05) is 31.6 Å². The number of quaternary nitrogens is 1. The normalized spacial score (nSPS) is 15.1. The molecule has 0 atom stereocenters. The van der Waals surface area contributed by atoms with Gasteiger partial charge in [0.25, 0.3) is 5.91 Å². The van der Waals surface area contributed by atoms with E-state index in [1.54, 1.807) is 4.90 Å². The largest absolute Gasteiger partial charge is 0.370 e. The number of carbonyl (C=O) groups excluding carboxylic acids is 1. The summed E-state index contributed by atoms with van der Waals surface area (Å²) in [5, 5.41) is 5.06. The van der Waals surface area contributed by atoms with Crippen LogP contribution in [0, 0.1) is 0 Å². The number of rotatable bonds is 4. The van der Waals surface area contributed by atoms with Crippen LogP contribution in [-0.2, 0) is 11.3 Å². The lowest BCUT2D eigenvalue weighted by Crippen LogP contribution is -3.12. The fourth-order valence-electron chi connectivity index (χ4n) is 3.45. The number of anilines is 1. The maximum Gasteiger partial charge on any atom is 0.256 e. The number of hydrogen-bond acceptors (Lipinski definition) is 2. The van der Waals surface area contributed by atoms with Crippen LogP contribution in [0.25, 0.3) is 10.8 Å². The van der Waals surface area contributed by atoms with Crippen molar-refractivity contribution in [3.05, 3.63) is 77.9 Å². The topological polar surface area (TPSA) is 42.8 Å². The fourth-order valence-corrected chi connectivity index (χ4v) is 3.45. The van der Waals surface area contributed by atoms with E-state index in [1.165, 1.54) is 5.56 Å². The minimum atomic E-state index is -0.0756. The number of ether oxygens (including phenoxy) is 1. The van der Waals surface area contributed by atoms with Crippen molar-refractivity contribution in [3.63, 3.8) is 0 Å². The van der Waals surface area contributed by atoms with Crippen LogP contribution in [0.3, 0.4) is 0 Å². The fraction of sp³-hybridized carbons (Fsp3) is 0.227. The van der Waals surface area contributed by atoms with Crippen molar-refractivity contribution in [2.45, 2.75) is 6.54 Å². The van der Waals surface area contributed by atoms with Gasteiger partial charge in [0, 0.05) is 16.8 Å². The summed E-state index contributed by atoms with van der Waals surface area (Å²) < 4.78 is 5.40. The second-order valence-electron chi connectivity index (χ2n) is 6.72. The van der Waals surface area contributed by atoms with Crippen molar-refractivity contribution in [1.29, 1.82) is 0 Å². The Labute approximate surface area is 153 Å². The van der Waals surface area contributed by atoms with Crippen molar-refractivity contribution in [2.24, 2.45) is 0 Å². The molecule has 0 bridgehead atoms. The zero-order chi connectivity index (χ0) is 17.8. The predicted octanol–water partition coefficient (Wildman–Crippen LogP) is 2.51. The molecule has 2 N–H and O–H groups in total. The second-order valence-corrected chi connectivity index (χ2v) is 6.72. The molecule has 132 valence electrons. The van der Waals surface area contributed by atoms with Crippen molar-refractivity contribution < 1.29 is 14.4 Å².